The quantitative estimate of drug-likeness (QED) is 0.796. The molecule has 4 nitrogen and oxygen atoms in total. The fraction of sp³-hybridized carbons (Fsp3) is 0.867. The molecule has 1 saturated carbocycles. The van der Waals surface area contributed by atoms with Crippen LogP contribution < -0.4 is 0 Å². The van der Waals surface area contributed by atoms with Crippen molar-refractivity contribution in [3.05, 3.63) is 0 Å². The molecule has 4 heteroatoms. The predicted octanol–water partition coefficient (Wildman–Crippen LogP) is 3.25. The van der Waals surface area contributed by atoms with Gasteiger partial charge in [0.1, 0.15) is 5.60 Å². The van der Waals surface area contributed by atoms with Gasteiger partial charge in [-0.3, -0.25) is 9.59 Å². The summed E-state index contributed by atoms with van der Waals surface area (Å²) in [7, 11) is 0. The van der Waals surface area contributed by atoms with Crippen LogP contribution in [0.2, 0.25) is 0 Å². The van der Waals surface area contributed by atoms with Crippen LogP contribution >= 0.6 is 0 Å². The van der Waals surface area contributed by atoms with E-state index >= 15 is 0 Å². The van der Waals surface area contributed by atoms with Gasteiger partial charge in [0, 0.05) is 6.42 Å². The van der Waals surface area contributed by atoms with E-state index in [1.807, 2.05) is 20.8 Å². The third kappa shape index (κ3) is 5.62. The molecule has 0 saturated heterocycles. The van der Waals surface area contributed by atoms with Gasteiger partial charge in [-0.15, -0.1) is 0 Å². The number of rotatable bonds is 4. The number of carbonyl (C=O) groups excluding carboxylic acids is 1. The number of carboxylic acids is 1. The summed E-state index contributed by atoms with van der Waals surface area (Å²) in [6.07, 6.45) is 4.14. The Morgan fingerprint density at radius 2 is 1.74 bits per heavy atom. The lowest BCUT2D eigenvalue weighted by molar-refractivity contribution is -0.156. The highest BCUT2D eigenvalue weighted by atomic mass is 16.6. The van der Waals surface area contributed by atoms with Crippen LogP contribution in [-0.2, 0) is 14.3 Å². The zero-order valence-corrected chi connectivity index (χ0v) is 12.4. The molecule has 0 amide bonds. The van der Waals surface area contributed by atoms with E-state index in [1.165, 1.54) is 0 Å². The highest BCUT2D eigenvalue weighted by Crippen LogP contribution is 2.35. The molecule has 1 rings (SSSR count). The van der Waals surface area contributed by atoms with E-state index in [4.69, 9.17) is 9.84 Å². The van der Waals surface area contributed by atoms with E-state index in [9.17, 15) is 9.59 Å². The van der Waals surface area contributed by atoms with E-state index in [0.29, 0.717) is 12.3 Å². The first-order chi connectivity index (χ1) is 8.69. The van der Waals surface area contributed by atoms with Crippen molar-refractivity contribution in [2.24, 2.45) is 17.8 Å². The van der Waals surface area contributed by atoms with Crippen LogP contribution in [-0.4, -0.2) is 22.6 Å². The van der Waals surface area contributed by atoms with Crippen molar-refractivity contribution in [1.82, 2.24) is 0 Å². The van der Waals surface area contributed by atoms with Crippen LogP contribution in [0.5, 0.6) is 0 Å². The molecule has 1 fully saturated rings. The maximum atomic E-state index is 11.7. The Hall–Kier alpha value is -1.06. The summed E-state index contributed by atoms with van der Waals surface area (Å²) in [5, 5.41) is 9.00. The SMILES string of the molecule is CC(C(=O)O)C1CCC(CC(=O)OC(C)(C)C)CC1. The second kappa shape index (κ2) is 6.40. The standard InChI is InChI=1S/C15H26O4/c1-10(14(17)18)12-7-5-11(6-8-12)9-13(16)19-15(2,3)4/h10-12H,5-9H2,1-4H3,(H,17,18). The summed E-state index contributed by atoms with van der Waals surface area (Å²) in [5.41, 5.74) is -0.424. The molecular weight excluding hydrogens is 244 g/mol. The Kier molecular flexibility index (Phi) is 5.39. The van der Waals surface area contributed by atoms with Crippen LogP contribution in [0, 0.1) is 17.8 Å². The summed E-state index contributed by atoms with van der Waals surface area (Å²) in [6.45, 7) is 7.39. The lowest BCUT2D eigenvalue weighted by Crippen LogP contribution is -2.28. The second-order valence-electron chi connectivity index (χ2n) is 6.70. The number of hydrogen-bond acceptors (Lipinski definition) is 3. The Morgan fingerprint density at radius 1 is 1.21 bits per heavy atom. The first kappa shape index (κ1) is 16.0. The van der Waals surface area contributed by atoms with Crippen LogP contribution in [0.4, 0.5) is 0 Å². The maximum absolute atomic E-state index is 11.7. The summed E-state index contributed by atoms with van der Waals surface area (Å²) in [5.74, 6) is -0.514. The maximum Gasteiger partial charge on any atom is 0.306 e. The number of ether oxygens (including phenoxy) is 1. The van der Waals surface area contributed by atoms with Gasteiger partial charge in [-0.25, -0.2) is 0 Å². The average molecular weight is 270 g/mol. The third-order valence-electron chi connectivity index (χ3n) is 3.86. The minimum atomic E-state index is -0.712. The zero-order valence-electron chi connectivity index (χ0n) is 12.4. The van der Waals surface area contributed by atoms with E-state index in [-0.39, 0.29) is 17.8 Å². The minimum Gasteiger partial charge on any atom is -0.481 e. The highest BCUT2D eigenvalue weighted by Gasteiger charge is 2.30. The Bertz CT molecular complexity index is 322. The summed E-state index contributed by atoms with van der Waals surface area (Å²) in [6, 6.07) is 0. The van der Waals surface area contributed by atoms with Crippen LogP contribution in [0.1, 0.15) is 59.8 Å². The van der Waals surface area contributed by atoms with Gasteiger partial charge < -0.3 is 9.84 Å². The molecule has 0 radical (unpaired) electrons. The average Bonchev–Trinajstić information content (AvgIpc) is 2.26. The van der Waals surface area contributed by atoms with Crippen molar-refractivity contribution in [1.29, 1.82) is 0 Å². The lowest BCUT2D eigenvalue weighted by Gasteiger charge is -2.30. The molecule has 1 aliphatic rings. The third-order valence-corrected chi connectivity index (χ3v) is 3.86. The van der Waals surface area contributed by atoms with Crippen molar-refractivity contribution >= 4 is 11.9 Å². The number of hydrogen-bond donors (Lipinski definition) is 1. The summed E-state index contributed by atoms with van der Waals surface area (Å²) in [4.78, 5) is 22.7. The van der Waals surface area contributed by atoms with Crippen LogP contribution in [0.25, 0.3) is 0 Å². The number of esters is 1. The van der Waals surface area contributed by atoms with E-state index < -0.39 is 11.6 Å². The molecular formula is C15H26O4. The van der Waals surface area contributed by atoms with Gasteiger partial charge in [0.25, 0.3) is 0 Å². The van der Waals surface area contributed by atoms with Gasteiger partial charge in [-0.05, 0) is 58.3 Å². The topological polar surface area (TPSA) is 63.6 Å². The molecule has 19 heavy (non-hydrogen) atoms. The van der Waals surface area contributed by atoms with Crippen molar-refractivity contribution in [2.75, 3.05) is 0 Å². The molecule has 0 aromatic carbocycles. The number of aliphatic carboxylic acids is 1. The van der Waals surface area contributed by atoms with Crippen molar-refractivity contribution < 1.29 is 19.4 Å². The molecule has 1 atom stereocenters. The second-order valence-corrected chi connectivity index (χ2v) is 6.70. The molecule has 1 aliphatic carbocycles. The largest absolute Gasteiger partial charge is 0.481 e. The fourth-order valence-corrected chi connectivity index (χ4v) is 2.71. The number of carbonyl (C=O) groups is 2. The van der Waals surface area contributed by atoms with E-state index in [0.717, 1.165) is 25.7 Å². The van der Waals surface area contributed by atoms with Gasteiger partial charge in [0.05, 0.1) is 5.92 Å². The summed E-state index contributed by atoms with van der Waals surface area (Å²) < 4.78 is 5.32. The van der Waals surface area contributed by atoms with Gasteiger partial charge >= 0.3 is 11.9 Å². The Balaban J connectivity index is 2.34. The smallest absolute Gasteiger partial charge is 0.306 e. The molecule has 0 bridgehead atoms. The monoisotopic (exact) mass is 270 g/mol. The van der Waals surface area contributed by atoms with E-state index in [1.54, 1.807) is 6.92 Å². The zero-order chi connectivity index (χ0) is 14.6. The Morgan fingerprint density at radius 3 is 2.16 bits per heavy atom. The number of carboxylic acid groups (broad SMARTS) is 1. The van der Waals surface area contributed by atoms with Gasteiger partial charge in [0.2, 0.25) is 0 Å². The van der Waals surface area contributed by atoms with Crippen LogP contribution in [0.15, 0.2) is 0 Å². The molecule has 1 N–H and O–H groups in total. The molecule has 0 aromatic rings. The molecule has 110 valence electrons. The lowest BCUT2D eigenvalue weighted by atomic mass is 9.75. The van der Waals surface area contributed by atoms with Crippen LogP contribution in [0.3, 0.4) is 0 Å². The first-order valence-electron chi connectivity index (χ1n) is 7.13. The molecule has 0 aliphatic heterocycles. The highest BCUT2D eigenvalue weighted by molar-refractivity contribution is 5.70. The van der Waals surface area contributed by atoms with Crippen molar-refractivity contribution in [3.8, 4) is 0 Å². The molecule has 0 heterocycles. The Labute approximate surface area is 115 Å². The molecule has 0 aromatic heterocycles. The minimum absolute atomic E-state index is 0.137. The van der Waals surface area contributed by atoms with Crippen molar-refractivity contribution in [2.45, 2.75) is 65.4 Å². The molecule has 0 spiro atoms. The predicted molar refractivity (Wildman–Crippen MR) is 72.7 cm³/mol. The van der Waals surface area contributed by atoms with E-state index in [2.05, 4.69) is 0 Å². The first-order valence-corrected chi connectivity index (χ1v) is 7.13. The normalized spacial score (nSPS) is 25.7. The summed E-state index contributed by atoms with van der Waals surface area (Å²) >= 11 is 0. The van der Waals surface area contributed by atoms with Gasteiger partial charge in [0.15, 0.2) is 0 Å². The van der Waals surface area contributed by atoms with Gasteiger partial charge in [-0.1, -0.05) is 6.92 Å². The molecule has 1 unspecified atom stereocenters. The fourth-order valence-electron chi connectivity index (χ4n) is 2.71. The van der Waals surface area contributed by atoms with Crippen molar-refractivity contribution in [3.63, 3.8) is 0 Å². The van der Waals surface area contributed by atoms with Gasteiger partial charge in [-0.2, -0.15) is 0 Å².